The van der Waals surface area contributed by atoms with Gasteiger partial charge in [0.25, 0.3) is 0 Å². The molecule has 108 valence electrons. The van der Waals surface area contributed by atoms with Crippen LogP contribution in [0.3, 0.4) is 0 Å². The Kier molecular flexibility index (Phi) is 4.29. The van der Waals surface area contributed by atoms with Crippen molar-refractivity contribution in [3.8, 4) is 0 Å². The summed E-state index contributed by atoms with van der Waals surface area (Å²) in [6.45, 7) is 4.21. The molecule has 1 heterocycles. The highest BCUT2D eigenvalue weighted by Crippen LogP contribution is 2.32. The van der Waals surface area contributed by atoms with Crippen molar-refractivity contribution in [3.63, 3.8) is 0 Å². The summed E-state index contributed by atoms with van der Waals surface area (Å²) in [6.07, 6.45) is 2.71. The van der Waals surface area contributed by atoms with Crippen LogP contribution in [0.4, 0.5) is 4.79 Å². The van der Waals surface area contributed by atoms with Crippen molar-refractivity contribution in [2.75, 3.05) is 26.3 Å². The number of carboxylic acid groups (broad SMARTS) is 1. The third-order valence-electron chi connectivity index (χ3n) is 4.18. The van der Waals surface area contributed by atoms with Gasteiger partial charge in [-0.2, -0.15) is 0 Å². The van der Waals surface area contributed by atoms with Crippen LogP contribution in [0.25, 0.3) is 0 Å². The third kappa shape index (κ3) is 3.18. The number of carbonyl (C=O) groups excluding carboxylic acids is 1. The predicted octanol–water partition coefficient (Wildman–Crippen LogP) is 1.06. The van der Waals surface area contributed by atoms with Gasteiger partial charge in [0.15, 0.2) is 0 Å². The molecule has 6 nitrogen and oxygen atoms in total. The van der Waals surface area contributed by atoms with Gasteiger partial charge in [-0.3, -0.25) is 0 Å². The predicted molar refractivity (Wildman–Crippen MR) is 68.9 cm³/mol. The highest BCUT2D eigenvalue weighted by atomic mass is 16.5. The van der Waals surface area contributed by atoms with Gasteiger partial charge in [0.05, 0.1) is 13.2 Å². The van der Waals surface area contributed by atoms with E-state index in [1.165, 1.54) is 0 Å². The molecule has 0 spiro atoms. The van der Waals surface area contributed by atoms with Crippen LogP contribution in [-0.2, 0) is 9.53 Å². The Bertz CT molecular complexity index is 345. The molecule has 0 atom stereocenters. The second kappa shape index (κ2) is 5.77. The molecule has 1 saturated heterocycles. The number of hydrogen-bond acceptors (Lipinski definition) is 3. The molecule has 0 bridgehead atoms. The van der Waals surface area contributed by atoms with Crippen molar-refractivity contribution in [2.24, 2.45) is 5.92 Å². The van der Waals surface area contributed by atoms with Crippen LogP contribution >= 0.6 is 0 Å². The van der Waals surface area contributed by atoms with Gasteiger partial charge in [-0.05, 0) is 31.6 Å². The van der Waals surface area contributed by atoms with E-state index in [1.54, 1.807) is 4.90 Å². The maximum absolute atomic E-state index is 12.2. The van der Waals surface area contributed by atoms with E-state index in [-0.39, 0.29) is 6.03 Å². The van der Waals surface area contributed by atoms with Crippen LogP contribution in [-0.4, -0.2) is 53.8 Å². The Morgan fingerprint density at radius 3 is 2.37 bits per heavy atom. The van der Waals surface area contributed by atoms with Gasteiger partial charge in [0.1, 0.15) is 5.54 Å². The SMILES string of the molecule is CC1CCC(NC(=O)N2CCOCC2)(C(=O)O)CC1. The molecule has 2 amide bonds. The number of ether oxygens (including phenoxy) is 1. The van der Waals surface area contributed by atoms with Crippen molar-refractivity contribution in [2.45, 2.75) is 38.1 Å². The standard InChI is InChI=1S/C13H22N2O4/c1-10-2-4-13(5-3-10,11(16)17)14-12(18)15-6-8-19-9-7-15/h10H,2-9H2,1H3,(H,14,18)(H,16,17). The molecule has 1 aliphatic heterocycles. The number of rotatable bonds is 2. The number of aliphatic carboxylic acids is 1. The lowest BCUT2D eigenvalue weighted by Crippen LogP contribution is -2.60. The molecule has 0 radical (unpaired) electrons. The second-order valence-corrected chi connectivity index (χ2v) is 5.60. The van der Waals surface area contributed by atoms with Crippen LogP contribution in [0.2, 0.25) is 0 Å². The summed E-state index contributed by atoms with van der Waals surface area (Å²) in [7, 11) is 0. The van der Waals surface area contributed by atoms with E-state index in [9.17, 15) is 14.7 Å². The summed E-state index contributed by atoms with van der Waals surface area (Å²) in [5, 5.41) is 12.2. The summed E-state index contributed by atoms with van der Waals surface area (Å²) in [5.41, 5.74) is -1.08. The number of morpholine rings is 1. The first-order chi connectivity index (χ1) is 9.03. The Balaban J connectivity index is 2.00. The quantitative estimate of drug-likeness (QED) is 0.786. The third-order valence-corrected chi connectivity index (χ3v) is 4.18. The molecule has 2 aliphatic rings. The van der Waals surface area contributed by atoms with Gasteiger partial charge in [0, 0.05) is 13.1 Å². The minimum absolute atomic E-state index is 0.278. The maximum Gasteiger partial charge on any atom is 0.329 e. The van der Waals surface area contributed by atoms with Crippen molar-refractivity contribution < 1.29 is 19.4 Å². The van der Waals surface area contributed by atoms with E-state index < -0.39 is 11.5 Å². The molecule has 19 heavy (non-hydrogen) atoms. The number of carbonyl (C=O) groups is 2. The lowest BCUT2D eigenvalue weighted by molar-refractivity contribution is -0.146. The first kappa shape index (κ1) is 14.1. The summed E-state index contributed by atoms with van der Waals surface area (Å²) in [5.74, 6) is -0.381. The minimum Gasteiger partial charge on any atom is -0.480 e. The monoisotopic (exact) mass is 270 g/mol. The summed E-state index contributed by atoms with van der Waals surface area (Å²) < 4.78 is 5.19. The molecular weight excluding hydrogens is 248 g/mol. The fourth-order valence-corrected chi connectivity index (χ4v) is 2.70. The molecule has 2 rings (SSSR count). The Labute approximate surface area is 113 Å². The molecule has 2 fully saturated rings. The maximum atomic E-state index is 12.2. The highest BCUT2D eigenvalue weighted by molar-refractivity contribution is 5.86. The molecule has 0 unspecified atom stereocenters. The highest BCUT2D eigenvalue weighted by Gasteiger charge is 2.43. The number of nitrogens with one attached hydrogen (secondary N) is 1. The van der Waals surface area contributed by atoms with Gasteiger partial charge in [-0.25, -0.2) is 9.59 Å². The summed E-state index contributed by atoms with van der Waals surface area (Å²) in [6, 6.07) is -0.278. The average molecular weight is 270 g/mol. The van der Waals surface area contributed by atoms with Crippen LogP contribution in [0, 0.1) is 5.92 Å². The van der Waals surface area contributed by atoms with Gasteiger partial charge in [0.2, 0.25) is 0 Å². The van der Waals surface area contributed by atoms with Crippen LogP contribution in [0.15, 0.2) is 0 Å². The first-order valence-corrected chi connectivity index (χ1v) is 6.92. The van der Waals surface area contributed by atoms with E-state index >= 15 is 0 Å². The number of amides is 2. The number of hydrogen-bond donors (Lipinski definition) is 2. The fraction of sp³-hybridized carbons (Fsp3) is 0.846. The van der Waals surface area contributed by atoms with E-state index in [0.717, 1.165) is 12.8 Å². The molecule has 0 aromatic carbocycles. The topological polar surface area (TPSA) is 78.9 Å². The number of urea groups is 1. The van der Waals surface area contributed by atoms with E-state index in [2.05, 4.69) is 12.2 Å². The minimum atomic E-state index is -1.08. The van der Waals surface area contributed by atoms with Gasteiger partial charge >= 0.3 is 12.0 Å². The first-order valence-electron chi connectivity index (χ1n) is 6.92. The number of nitrogens with zero attached hydrogens (tertiary/aromatic N) is 1. The van der Waals surface area contributed by atoms with E-state index in [4.69, 9.17) is 4.74 Å². The smallest absolute Gasteiger partial charge is 0.329 e. The lowest BCUT2D eigenvalue weighted by atomic mass is 9.77. The van der Waals surface area contributed by atoms with Crippen molar-refractivity contribution >= 4 is 12.0 Å². The largest absolute Gasteiger partial charge is 0.480 e. The summed E-state index contributed by atoms with van der Waals surface area (Å²) in [4.78, 5) is 25.3. The molecular formula is C13H22N2O4. The Hall–Kier alpha value is -1.30. The lowest BCUT2D eigenvalue weighted by Gasteiger charge is -2.38. The number of carboxylic acids is 1. The van der Waals surface area contributed by atoms with E-state index in [1.807, 2.05) is 0 Å². The zero-order valence-electron chi connectivity index (χ0n) is 11.4. The molecule has 1 saturated carbocycles. The van der Waals surface area contributed by atoms with Gasteiger partial charge < -0.3 is 20.1 Å². The van der Waals surface area contributed by atoms with Gasteiger partial charge in [-0.15, -0.1) is 0 Å². The van der Waals surface area contributed by atoms with Crippen LogP contribution in [0.1, 0.15) is 32.6 Å². The van der Waals surface area contributed by atoms with Crippen LogP contribution in [0.5, 0.6) is 0 Å². The average Bonchev–Trinajstić information content (AvgIpc) is 2.42. The zero-order chi connectivity index (χ0) is 13.9. The van der Waals surface area contributed by atoms with Crippen LogP contribution < -0.4 is 5.32 Å². The zero-order valence-corrected chi connectivity index (χ0v) is 11.4. The molecule has 6 heteroatoms. The fourth-order valence-electron chi connectivity index (χ4n) is 2.70. The molecule has 0 aromatic rings. The van der Waals surface area contributed by atoms with Crippen molar-refractivity contribution in [1.82, 2.24) is 10.2 Å². The van der Waals surface area contributed by atoms with E-state index in [0.29, 0.717) is 45.1 Å². The Morgan fingerprint density at radius 2 is 1.84 bits per heavy atom. The molecule has 0 aromatic heterocycles. The molecule has 1 aliphatic carbocycles. The summed E-state index contributed by atoms with van der Waals surface area (Å²) >= 11 is 0. The molecule has 2 N–H and O–H groups in total. The van der Waals surface area contributed by atoms with Gasteiger partial charge in [-0.1, -0.05) is 6.92 Å². The normalized spacial score (nSPS) is 31.8. The van der Waals surface area contributed by atoms with Crippen molar-refractivity contribution in [3.05, 3.63) is 0 Å². The van der Waals surface area contributed by atoms with Crippen molar-refractivity contribution in [1.29, 1.82) is 0 Å². The Morgan fingerprint density at radius 1 is 1.26 bits per heavy atom. The second-order valence-electron chi connectivity index (χ2n) is 5.60.